The number of hydrogen-bond acceptors (Lipinski definition) is 3. The third kappa shape index (κ3) is 4.51. The standard InChI is InChI=1S/C12H14FN3O/c13-10-7-9(8-14)4-5-11(10)16-6-2-1-3-12(15)17/h4-5,7,16H,1-3,6H2,(H2,15,17). The van der Waals surface area contributed by atoms with Gasteiger partial charge in [0, 0.05) is 13.0 Å². The predicted octanol–water partition coefficient (Wildman–Crippen LogP) is 1.76. The number of nitriles is 1. The molecule has 0 bridgehead atoms. The molecule has 0 aliphatic carbocycles. The van der Waals surface area contributed by atoms with Gasteiger partial charge >= 0.3 is 0 Å². The second kappa shape index (κ2) is 6.48. The van der Waals surface area contributed by atoms with Crippen molar-refractivity contribution in [3.63, 3.8) is 0 Å². The molecule has 1 amide bonds. The highest BCUT2D eigenvalue weighted by atomic mass is 19.1. The number of unbranched alkanes of at least 4 members (excludes halogenated alkanes) is 1. The summed E-state index contributed by atoms with van der Waals surface area (Å²) < 4.78 is 13.4. The maximum atomic E-state index is 13.4. The lowest BCUT2D eigenvalue weighted by Gasteiger charge is -2.07. The third-order valence-electron chi connectivity index (χ3n) is 2.26. The lowest BCUT2D eigenvalue weighted by molar-refractivity contribution is -0.118. The van der Waals surface area contributed by atoms with E-state index in [-0.39, 0.29) is 5.91 Å². The number of anilines is 1. The molecule has 0 aliphatic heterocycles. The summed E-state index contributed by atoms with van der Waals surface area (Å²) >= 11 is 0. The van der Waals surface area contributed by atoms with Gasteiger partial charge in [0.25, 0.3) is 0 Å². The van der Waals surface area contributed by atoms with Crippen LogP contribution >= 0.6 is 0 Å². The van der Waals surface area contributed by atoms with E-state index < -0.39 is 5.82 Å². The molecule has 0 saturated heterocycles. The molecule has 90 valence electrons. The number of nitrogens with two attached hydrogens (primary N) is 1. The van der Waals surface area contributed by atoms with E-state index in [1.807, 2.05) is 6.07 Å². The average Bonchev–Trinajstić information content (AvgIpc) is 2.30. The van der Waals surface area contributed by atoms with Crippen LogP contribution in [0.2, 0.25) is 0 Å². The Balaban J connectivity index is 2.37. The zero-order valence-corrected chi connectivity index (χ0v) is 9.37. The molecule has 1 aromatic rings. The van der Waals surface area contributed by atoms with Crippen molar-refractivity contribution in [2.24, 2.45) is 5.73 Å². The third-order valence-corrected chi connectivity index (χ3v) is 2.26. The first-order valence-corrected chi connectivity index (χ1v) is 5.35. The molecule has 1 aromatic carbocycles. The minimum absolute atomic E-state index is 0.293. The van der Waals surface area contributed by atoms with Crippen LogP contribution in [0.25, 0.3) is 0 Å². The number of halogens is 1. The number of carbonyl (C=O) groups is 1. The van der Waals surface area contributed by atoms with Gasteiger partial charge in [-0.05, 0) is 31.0 Å². The van der Waals surface area contributed by atoms with Gasteiger partial charge in [-0.3, -0.25) is 4.79 Å². The van der Waals surface area contributed by atoms with Crippen molar-refractivity contribution in [2.75, 3.05) is 11.9 Å². The van der Waals surface area contributed by atoms with E-state index in [0.717, 1.165) is 6.42 Å². The van der Waals surface area contributed by atoms with Crippen LogP contribution < -0.4 is 11.1 Å². The highest BCUT2D eigenvalue weighted by Crippen LogP contribution is 2.15. The monoisotopic (exact) mass is 235 g/mol. The first-order chi connectivity index (χ1) is 8.13. The van der Waals surface area contributed by atoms with E-state index >= 15 is 0 Å². The molecule has 0 aliphatic rings. The number of nitrogens with one attached hydrogen (secondary N) is 1. The zero-order chi connectivity index (χ0) is 12.7. The van der Waals surface area contributed by atoms with E-state index in [4.69, 9.17) is 11.0 Å². The zero-order valence-electron chi connectivity index (χ0n) is 9.37. The summed E-state index contributed by atoms with van der Waals surface area (Å²) in [5.41, 5.74) is 5.65. The van der Waals surface area contributed by atoms with Gasteiger partial charge in [-0.25, -0.2) is 4.39 Å². The maximum Gasteiger partial charge on any atom is 0.217 e. The lowest BCUT2D eigenvalue weighted by Crippen LogP contribution is -2.11. The summed E-state index contributed by atoms with van der Waals surface area (Å²) in [4.78, 5) is 10.5. The van der Waals surface area contributed by atoms with Crippen LogP contribution in [-0.4, -0.2) is 12.5 Å². The number of benzene rings is 1. The normalized spacial score (nSPS) is 9.65. The molecular formula is C12H14FN3O. The minimum Gasteiger partial charge on any atom is -0.383 e. The summed E-state index contributed by atoms with van der Waals surface area (Å²) in [5, 5.41) is 11.5. The predicted molar refractivity (Wildman–Crippen MR) is 62.7 cm³/mol. The lowest BCUT2D eigenvalue weighted by atomic mass is 10.2. The molecule has 0 radical (unpaired) electrons. The average molecular weight is 235 g/mol. The highest BCUT2D eigenvalue weighted by molar-refractivity contribution is 5.73. The van der Waals surface area contributed by atoms with E-state index in [1.165, 1.54) is 12.1 Å². The van der Waals surface area contributed by atoms with Crippen molar-refractivity contribution in [1.29, 1.82) is 5.26 Å². The fourth-order valence-corrected chi connectivity index (χ4v) is 1.38. The Kier molecular flexibility index (Phi) is 4.95. The Hall–Kier alpha value is -2.09. The topological polar surface area (TPSA) is 78.9 Å². The molecule has 0 spiro atoms. The number of carbonyl (C=O) groups excluding carboxylic acids is 1. The van der Waals surface area contributed by atoms with Gasteiger partial charge < -0.3 is 11.1 Å². The van der Waals surface area contributed by atoms with Crippen molar-refractivity contribution in [3.05, 3.63) is 29.6 Å². The fraction of sp³-hybridized carbons (Fsp3) is 0.333. The Bertz CT molecular complexity index is 440. The van der Waals surface area contributed by atoms with Crippen molar-refractivity contribution in [1.82, 2.24) is 0 Å². The van der Waals surface area contributed by atoms with Crippen molar-refractivity contribution < 1.29 is 9.18 Å². The molecule has 0 saturated carbocycles. The van der Waals surface area contributed by atoms with Gasteiger partial charge in [0.1, 0.15) is 5.82 Å². The second-order valence-corrected chi connectivity index (χ2v) is 3.66. The van der Waals surface area contributed by atoms with Gasteiger partial charge in [0.05, 0.1) is 17.3 Å². The number of rotatable bonds is 6. The summed E-state index contributed by atoms with van der Waals surface area (Å²) in [5.74, 6) is -0.770. The molecule has 1 rings (SSSR count). The summed E-state index contributed by atoms with van der Waals surface area (Å²) in [6.45, 7) is 0.566. The van der Waals surface area contributed by atoms with Gasteiger partial charge in [0.2, 0.25) is 5.91 Å². The fourth-order valence-electron chi connectivity index (χ4n) is 1.38. The largest absolute Gasteiger partial charge is 0.383 e. The van der Waals surface area contributed by atoms with Gasteiger partial charge in [-0.1, -0.05) is 0 Å². The number of amides is 1. The van der Waals surface area contributed by atoms with Crippen LogP contribution in [0, 0.1) is 17.1 Å². The van der Waals surface area contributed by atoms with Crippen LogP contribution in [0.1, 0.15) is 24.8 Å². The molecular weight excluding hydrogens is 221 g/mol. The highest BCUT2D eigenvalue weighted by Gasteiger charge is 2.02. The first-order valence-electron chi connectivity index (χ1n) is 5.35. The SMILES string of the molecule is N#Cc1ccc(NCCCCC(N)=O)c(F)c1. The molecule has 0 unspecified atom stereocenters. The molecule has 0 aromatic heterocycles. The van der Waals surface area contributed by atoms with Gasteiger partial charge in [-0.15, -0.1) is 0 Å². The summed E-state index contributed by atoms with van der Waals surface area (Å²) in [7, 11) is 0. The molecule has 0 atom stereocenters. The molecule has 5 heteroatoms. The van der Waals surface area contributed by atoms with E-state index in [2.05, 4.69) is 5.32 Å². The van der Waals surface area contributed by atoms with Crippen molar-refractivity contribution >= 4 is 11.6 Å². The molecule has 17 heavy (non-hydrogen) atoms. The van der Waals surface area contributed by atoms with Crippen molar-refractivity contribution in [3.8, 4) is 6.07 Å². The maximum absolute atomic E-state index is 13.4. The van der Waals surface area contributed by atoms with Crippen LogP contribution in [0.3, 0.4) is 0 Å². The number of hydrogen-bond donors (Lipinski definition) is 2. The van der Waals surface area contributed by atoms with E-state index in [0.29, 0.717) is 30.6 Å². The van der Waals surface area contributed by atoms with Gasteiger partial charge in [-0.2, -0.15) is 5.26 Å². The van der Waals surface area contributed by atoms with Crippen molar-refractivity contribution in [2.45, 2.75) is 19.3 Å². The van der Waals surface area contributed by atoms with Crippen LogP contribution in [-0.2, 0) is 4.79 Å². The van der Waals surface area contributed by atoms with Crippen LogP contribution in [0.5, 0.6) is 0 Å². The Labute approximate surface area is 99.2 Å². The summed E-state index contributed by atoms with van der Waals surface area (Å²) in [6, 6.07) is 6.13. The summed E-state index contributed by atoms with van der Waals surface area (Å²) in [6.07, 6.45) is 1.76. The number of nitrogens with zero attached hydrogens (tertiary/aromatic N) is 1. The minimum atomic E-state index is -0.445. The quantitative estimate of drug-likeness (QED) is 0.737. The Morgan fingerprint density at radius 1 is 1.47 bits per heavy atom. The molecule has 0 fully saturated rings. The smallest absolute Gasteiger partial charge is 0.217 e. The Morgan fingerprint density at radius 3 is 2.82 bits per heavy atom. The second-order valence-electron chi connectivity index (χ2n) is 3.66. The van der Waals surface area contributed by atoms with Crippen LogP contribution in [0.15, 0.2) is 18.2 Å². The van der Waals surface area contributed by atoms with Crippen LogP contribution in [0.4, 0.5) is 10.1 Å². The van der Waals surface area contributed by atoms with E-state index in [9.17, 15) is 9.18 Å². The number of primary amides is 1. The molecule has 0 heterocycles. The Morgan fingerprint density at radius 2 is 2.24 bits per heavy atom. The van der Waals surface area contributed by atoms with Gasteiger partial charge in [0.15, 0.2) is 0 Å². The first kappa shape index (κ1) is 13.0. The van der Waals surface area contributed by atoms with E-state index in [1.54, 1.807) is 6.07 Å². The molecule has 3 N–H and O–H groups in total. The molecule has 4 nitrogen and oxygen atoms in total.